The molecule has 0 radical (unpaired) electrons. The lowest BCUT2D eigenvalue weighted by Crippen LogP contribution is -2.33. The average Bonchev–Trinajstić information content (AvgIpc) is 2.80. The van der Waals surface area contributed by atoms with Crippen molar-refractivity contribution in [2.75, 3.05) is 20.3 Å². The standard InChI is InChI=1S/C23H27N3O7/c1-4-31-22(28)25-18(17-9-7-6-8-10-17)14-21(27)26-24-15-16-11-12-19(20(13-16)30-3)33-23(29)32-5-2/h6-13,15,18H,4-5,14H2,1-3H3,(H,25,28)(H,26,27)/b24-15-/t18-/m1/s1. The van der Waals surface area contributed by atoms with E-state index in [2.05, 4.69) is 15.8 Å². The van der Waals surface area contributed by atoms with Crippen LogP contribution in [0.1, 0.15) is 37.4 Å². The smallest absolute Gasteiger partial charge is 0.493 e. The third kappa shape index (κ3) is 8.52. The Morgan fingerprint density at radius 3 is 2.39 bits per heavy atom. The quantitative estimate of drug-likeness (QED) is 0.242. The summed E-state index contributed by atoms with van der Waals surface area (Å²) < 4.78 is 19.9. The molecule has 2 aromatic rings. The highest BCUT2D eigenvalue weighted by Crippen LogP contribution is 2.28. The van der Waals surface area contributed by atoms with Gasteiger partial charge in [0.25, 0.3) is 0 Å². The van der Waals surface area contributed by atoms with Gasteiger partial charge in [-0.1, -0.05) is 30.3 Å². The minimum absolute atomic E-state index is 0.0458. The minimum Gasteiger partial charge on any atom is -0.493 e. The van der Waals surface area contributed by atoms with E-state index in [0.717, 1.165) is 5.56 Å². The zero-order chi connectivity index (χ0) is 24.1. The van der Waals surface area contributed by atoms with Crippen molar-refractivity contribution in [1.82, 2.24) is 10.7 Å². The third-order valence-corrected chi connectivity index (χ3v) is 4.21. The Hall–Kier alpha value is -4.08. The van der Waals surface area contributed by atoms with E-state index in [1.165, 1.54) is 19.4 Å². The monoisotopic (exact) mass is 457 g/mol. The van der Waals surface area contributed by atoms with Crippen molar-refractivity contribution < 1.29 is 33.3 Å². The van der Waals surface area contributed by atoms with Crippen molar-refractivity contribution >= 4 is 24.4 Å². The summed E-state index contributed by atoms with van der Waals surface area (Å²) >= 11 is 0. The second kappa shape index (κ2) is 13.4. The van der Waals surface area contributed by atoms with E-state index >= 15 is 0 Å². The summed E-state index contributed by atoms with van der Waals surface area (Å²) in [7, 11) is 1.43. The Morgan fingerprint density at radius 2 is 1.73 bits per heavy atom. The van der Waals surface area contributed by atoms with Gasteiger partial charge in [-0.15, -0.1) is 0 Å². The fraction of sp³-hybridized carbons (Fsp3) is 0.304. The molecule has 0 heterocycles. The summed E-state index contributed by atoms with van der Waals surface area (Å²) in [6.07, 6.45) is -0.0885. The van der Waals surface area contributed by atoms with Crippen molar-refractivity contribution in [2.45, 2.75) is 26.3 Å². The van der Waals surface area contributed by atoms with Crippen molar-refractivity contribution in [1.29, 1.82) is 0 Å². The van der Waals surface area contributed by atoms with Crippen molar-refractivity contribution in [2.24, 2.45) is 5.10 Å². The SMILES string of the molecule is CCOC(=O)N[C@H](CC(=O)N/N=C\c1ccc(OC(=O)OCC)c(OC)c1)c1ccccc1. The summed E-state index contributed by atoms with van der Waals surface area (Å²) in [5.74, 6) is 0.0696. The van der Waals surface area contributed by atoms with Crippen LogP contribution in [0, 0.1) is 0 Å². The highest BCUT2D eigenvalue weighted by molar-refractivity contribution is 5.84. The third-order valence-electron chi connectivity index (χ3n) is 4.21. The summed E-state index contributed by atoms with van der Waals surface area (Å²) in [6, 6.07) is 13.2. The predicted molar refractivity (Wildman–Crippen MR) is 120 cm³/mol. The van der Waals surface area contributed by atoms with Gasteiger partial charge in [0.15, 0.2) is 11.5 Å². The Labute approximate surface area is 191 Å². The van der Waals surface area contributed by atoms with Crippen LogP contribution >= 0.6 is 0 Å². The number of rotatable bonds is 10. The molecule has 2 N–H and O–H groups in total. The lowest BCUT2D eigenvalue weighted by Gasteiger charge is -2.18. The lowest BCUT2D eigenvalue weighted by atomic mass is 10.0. The van der Waals surface area contributed by atoms with Crippen LogP contribution in [-0.2, 0) is 14.3 Å². The molecule has 2 amide bonds. The number of nitrogens with zero attached hydrogens (tertiary/aromatic N) is 1. The van der Waals surface area contributed by atoms with Crippen LogP contribution in [0.5, 0.6) is 11.5 Å². The Morgan fingerprint density at radius 1 is 1.00 bits per heavy atom. The zero-order valence-corrected chi connectivity index (χ0v) is 18.7. The number of carbonyl (C=O) groups excluding carboxylic acids is 3. The van der Waals surface area contributed by atoms with Crippen molar-refractivity contribution in [3.05, 3.63) is 59.7 Å². The molecule has 0 aliphatic carbocycles. The first-order chi connectivity index (χ1) is 16.0. The first-order valence-electron chi connectivity index (χ1n) is 10.3. The van der Waals surface area contributed by atoms with E-state index in [-0.39, 0.29) is 25.4 Å². The summed E-state index contributed by atoms with van der Waals surface area (Å²) in [6.45, 7) is 3.77. The maximum atomic E-state index is 12.4. The number of carbonyl (C=O) groups is 3. The van der Waals surface area contributed by atoms with Crippen LogP contribution in [0.4, 0.5) is 9.59 Å². The summed E-state index contributed by atoms with van der Waals surface area (Å²) in [5.41, 5.74) is 3.78. The van der Waals surface area contributed by atoms with Crippen molar-refractivity contribution in [3.8, 4) is 11.5 Å². The molecule has 0 fully saturated rings. The second-order valence-electron chi connectivity index (χ2n) is 6.52. The number of hydrogen-bond donors (Lipinski definition) is 2. The Bertz CT molecular complexity index is 964. The maximum absolute atomic E-state index is 12.4. The molecule has 0 aliphatic heterocycles. The van der Waals surface area contributed by atoms with E-state index in [1.807, 2.05) is 18.2 Å². The number of hydrogen-bond acceptors (Lipinski definition) is 8. The number of amides is 2. The number of ether oxygens (including phenoxy) is 4. The first kappa shape index (κ1) is 25.2. The average molecular weight is 457 g/mol. The topological polar surface area (TPSA) is 125 Å². The van der Waals surface area contributed by atoms with Gasteiger partial charge in [0, 0.05) is 0 Å². The Balaban J connectivity index is 2.00. The number of hydrazone groups is 1. The second-order valence-corrected chi connectivity index (χ2v) is 6.52. The van der Waals surface area contributed by atoms with Gasteiger partial charge in [-0.05, 0) is 43.2 Å². The van der Waals surface area contributed by atoms with Gasteiger partial charge in [-0.25, -0.2) is 15.0 Å². The van der Waals surface area contributed by atoms with E-state index in [9.17, 15) is 14.4 Å². The van der Waals surface area contributed by atoms with Crippen molar-refractivity contribution in [3.63, 3.8) is 0 Å². The first-order valence-corrected chi connectivity index (χ1v) is 10.3. The zero-order valence-electron chi connectivity index (χ0n) is 18.7. The highest BCUT2D eigenvalue weighted by Gasteiger charge is 2.19. The molecule has 10 nitrogen and oxygen atoms in total. The molecule has 176 valence electrons. The number of benzene rings is 2. The van der Waals surface area contributed by atoms with E-state index < -0.39 is 24.2 Å². The Kier molecular flexibility index (Phi) is 10.2. The molecule has 10 heteroatoms. The molecule has 0 unspecified atom stereocenters. The fourth-order valence-corrected chi connectivity index (χ4v) is 2.75. The van der Waals surface area contributed by atoms with Gasteiger partial charge in [0.05, 0.1) is 39.0 Å². The molecule has 0 aliphatic rings. The maximum Gasteiger partial charge on any atom is 0.513 e. The summed E-state index contributed by atoms with van der Waals surface area (Å²) in [5, 5.41) is 6.62. The predicted octanol–water partition coefficient (Wildman–Crippen LogP) is 3.56. The van der Waals surface area contributed by atoms with Crippen LogP contribution in [0.2, 0.25) is 0 Å². The van der Waals surface area contributed by atoms with Crippen LogP contribution in [-0.4, -0.2) is 44.7 Å². The van der Waals surface area contributed by atoms with Gasteiger partial charge >= 0.3 is 12.2 Å². The van der Waals surface area contributed by atoms with E-state index in [4.69, 9.17) is 18.9 Å². The van der Waals surface area contributed by atoms with Gasteiger partial charge in [0.2, 0.25) is 5.91 Å². The largest absolute Gasteiger partial charge is 0.513 e. The lowest BCUT2D eigenvalue weighted by molar-refractivity contribution is -0.121. The van der Waals surface area contributed by atoms with E-state index in [0.29, 0.717) is 11.3 Å². The minimum atomic E-state index is -0.839. The molecular weight excluding hydrogens is 430 g/mol. The molecule has 33 heavy (non-hydrogen) atoms. The normalized spacial score (nSPS) is 11.4. The van der Waals surface area contributed by atoms with E-state index in [1.54, 1.807) is 38.1 Å². The molecule has 0 saturated carbocycles. The van der Waals surface area contributed by atoms with Crippen LogP contribution < -0.4 is 20.2 Å². The van der Waals surface area contributed by atoms with Crippen LogP contribution in [0.25, 0.3) is 0 Å². The van der Waals surface area contributed by atoms with Crippen LogP contribution in [0.15, 0.2) is 53.6 Å². The molecule has 0 saturated heterocycles. The molecule has 0 aromatic heterocycles. The number of nitrogens with one attached hydrogen (secondary N) is 2. The number of methoxy groups -OCH3 is 1. The van der Waals surface area contributed by atoms with Gasteiger partial charge < -0.3 is 24.3 Å². The molecule has 2 rings (SSSR count). The molecular formula is C23H27N3O7. The highest BCUT2D eigenvalue weighted by atomic mass is 16.7. The number of alkyl carbamates (subject to hydrolysis) is 1. The molecule has 2 aromatic carbocycles. The molecule has 0 spiro atoms. The fourth-order valence-electron chi connectivity index (χ4n) is 2.75. The molecule has 1 atom stereocenters. The van der Waals surface area contributed by atoms with Gasteiger partial charge in [-0.3, -0.25) is 4.79 Å². The van der Waals surface area contributed by atoms with Crippen LogP contribution in [0.3, 0.4) is 0 Å². The molecule has 0 bridgehead atoms. The van der Waals surface area contributed by atoms with Gasteiger partial charge in [-0.2, -0.15) is 5.10 Å². The summed E-state index contributed by atoms with van der Waals surface area (Å²) in [4.78, 5) is 35.8. The van der Waals surface area contributed by atoms with Gasteiger partial charge in [0.1, 0.15) is 0 Å².